The van der Waals surface area contributed by atoms with Crippen molar-refractivity contribution < 1.29 is 17.9 Å². The van der Waals surface area contributed by atoms with Gasteiger partial charge in [-0.05, 0) is 43.9 Å². The highest BCUT2D eigenvalue weighted by Crippen LogP contribution is 2.33. The summed E-state index contributed by atoms with van der Waals surface area (Å²) < 4.78 is 32.0. The predicted octanol–water partition coefficient (Wildman–Crippen LogP) is 2.93. The first-order chi connectivity index (χ1) is 14.9. The van der Waals surface area contributed by atoms with Gasteiger partial charge >= 0.3 is 6.09 Å². The number of nitrogens with two attached hydrogens (primary N) is 1. The minimum Gasteiger partial charge on any atom is -0.453 e. The summed E-state index contributed by atoms with van der Waals surface area (Å²) in [4.78, 5) is 15.9. The molecule has 0 bridgehead atoms. The molecule has 1 saturated carbocycles. The lowest BCUT2D eigenvalue weighted by atomic mass is 9.91. The molecular weight excluding hydrogens is 418 g/mol. The first kappa shape index (κ1) is 21.0. The number of fused-ring (bicyclic) bond motifs is 1. The average molecular weight is 444 g/mol. The van der Waals surface area contributed by atoms with Gasteiger partial charge in [0, 0.05) is 23.7 Å². The molecule has 0 aliphatic heterocycles. The predicted molar refractivity (Wildman–Crippen MR) is 118 cm³/mol. The largest absolute Gasteiger partial charge is 0.453 e. The number of hydrogen-bond acceptors (Lipinski definition) is 7. The van der Waals surface area contributed by atoms with Crippen molar-refractivity contribution in [2.75, 3.05) is 18.2 Å². The molecule has 0 unspecified atom stereocenters. The molecule has 1 aromatic carbocycles. The lowest BCUT2D eigenvalue weighted by Gasteiger charge is -2.30. The molecule has 0 saturated heterocycles. The van der Waals surface area contributed by atoms with E-state index in [1.165, 1.54) is 23.5 Å². The molecule has 0 radical (unpaired) electrons. The number of hydrogen-bond donors (Lipinski definition) is 3. The third-order valence-corrected chi connectivity index (χ3v) is 7.27. The van der Waals surface area contributed by atoms with Crippen molar-refractivity contribution in [3.05, 3.63) is 48.8 Å². The maximum atomic E-state index is 13.1. The average Bonchev–Trinajstić information content (AvgIpc) is 3.22. The van der Waals surface area contributed by atoms with Crippen LogP contribution in [0.4, 0.5) is 16.2 Å². The van der Waals surface area contributed by atoms with Crippen LogP contribution in [0.5, 0.6) is 0 Å². The zero-order valence-corrected chi connectivity index (χ0v) is 17.9. The minimum atomic E-state index is -3.77. The Morgan fingerprint density at radius 2 is 1.81 bits per heavy atom. The highest BCUT2D eigenvalue weighted by Gasteiger charge is 2.25. The lowest BCUT2D eigenvalue weighted by Crippen LogP contribution is -2.40. The third kappa shape index (κ3) is 4.15. The van der Waals surface area contributed by atoms with Crippen molar-refractivity contribution in [3.63, 3.8) is 0 Å². The second-order valence-corrected chi connectivity index (χ2v) is 9.40. The van der Waals surface area contributed by atoms with Crippen molar-refractivity contribution in [2.45, 2.75) is 42.7 Å². The van der Waals surface area contributed by atoms with Gasteiger partial charge in [-0.25, -0.2) is 22.2 Å². The van der Waals surface area contributed by atoms with E-state index in [1.807, 2.05) is 0 Å². The maximum absolute atomic E-state index is 13.1. The molecule has 1 aliphatic carbocycles. The van der Waals surface area contributed by atoms with Crippen LogP contribution in [0.1, 0.15) is 25.7 Å². The summed E-state index contributed by atoms with van der Waals surface area (Å²) in [6.45, 7) is 0. The summed E-state index contributed by atoms with van der Waals surface area (Å²) in [5.74, 6) is 0. The topological polar surface area (TPSA) is 128 Å². The Bertz CT molecular complexity index is 1190. The van der Waals surface area contributed by atoms with Crippen LogP contribution in [0, 0.1) is 0 Å². The molecule has 164 valence electrons. The molecular formula is C21H25N5O4S. The van der Waals surface area contributed by atoms with E-state index in [0.29, 0.717) is 22.4 Å². The second kappa shape index (κ2) is 8.46. The molecule has 2 heterocycles. The van der Waals surface area contributed by atoms with Gasteiger partial charge in [0.25, 0.3) is 10.0 Å². The van der Waals surface area contributed by atoms with Gasteiger partial charge in [-0.1, -0.05) is 18.2 Å². The summed E-state index contributed by atoms with van der Waals surface area (Å²) in [6.07, 6.45) is 5.85. The number of anilines is 2. The Hall–Kier alpha value is -3.27. The number of methoxy groups -OCH3 is 1. The fraction of sp³-hybridized carbons (Fsp3) is 0.333. The molecule has 0 spiro atoms. The van der Waals surface area contributed by atoms with Gasteiger partial charge in [0.05, 0.1) is 29.6 Å². The minimum absolute atomic E-state index is 0.0809. The molecule has 1 amide bonds. The third-order valence-electron chi connectivity index (χ3n) is 5.59. The van der Waals surface area contributed by atoms with Crippen molar-refractivity contribution in [1.29, 1.82) is 0 Å². The number of amides is 1. The van der Waals surface area contributed by atoms with E-state index in [4.69, 9.17) is 5.73 Å². The number of nitrogens with zero attached hydrogens (tertiary/aromatic N) is 2. The van der Waals surface area contributed by atoms with Gasteiger partial charge in [-0.15, -0.1) is 0 Å². The van der Waals surface area contributed by atoms with Gasteiger partial charge < -0.3 is 21.1 Å². The number of nitrogens with one attached hydrogen (secondary N) is 2. The fourth-order valence-electron chi connectivity index (χ4n) is 3.95. The van der Waals surface area contributed by atoms with Crippen molar-refractivity contribution >= 4 is 38.5 Å². The second-order valence-electron chi connectivity index (χ2n) is 7.58. The molecule has 9 nitrogen and oxygen atoms in total. The normalized spacial score (nSPS) is 19.1. The van der Waals surface area contributed by atoms with Crippen molar-refractivity contribution in [1.82, 2.24) is 14.3 Å². The highest BCUT2D eigenvalue weighted by atomic mass is 32.2. The number of aromatic nitrogens is 2. The van der Waals surface area contributed by atoms with Crippen LogP contribution in [0.25, 0.3) is 11.0 Å². The summed E-state index contributed by atoms with van der Waals surface area (Å²) in [6, 6.07) is 10.2. The zero-order chi connectivity index (χ0) is 22.0. The number of nitrogen functional groups attached to an aromatic ring is 1. The van der Waals surface area contributed by atoms with Crippen LogP contribution < -0.4 is 16.4 Å². The van der Waals surface area contributed by atoms with E-state index in [2.05, 4.69) is 20.4 Å². The molecule has 1 fully saturated rings. The number of carbonyl (C=O) groups is 1. The highest BCUT2D eigenvalue weighted by molar-refractivity contribution is 7.90. The molecule has 4 N–H and O–H groups in total. The molecule has 1 aliphatic rings. The van der Waals surface area contributed by atoms with E-state index in [0.717, 1.165) is 25.7 Å². The van der Waals surface area contributed by atoms with Crippen molar-refractivity contribution in [2.24, 2.45) is 0 Å². The van der Waals surface area contributed by atoms with Gasteiger partial charge in [0.15, 0.2) is 5.65 Å². The number of pyridine rings is 1. The fourth-order valence-corrected chi connectivity index (χ4v) is 5.27. The van der Waals surface area contributed by atoms with Crippen LogP contribution in [0.2, 0.25) is 0 Å². The van der Waals surface area contributed by atoms with Crippen LogP contribution >= 0.6 is 0 Å². The summed E-state index contributed by atoms with van der Waals surface area (Å²) in [5, 5.41) is 6.95. The van der Waals surface area contributed by atoms with E-state index >= 15 is 0 Å². The molecule has 31 heavy (non-hydrogen) atoms. The molecule has 4 rings (SSSR count). The van der Waals surface area contributed by atoms with Gasteiger partial charge in [0.2, 0.25) is 0 Å². The van der Waals surface area contributed by atoms with Crippen LogP contribution in [0.15, 0.2) is 53.7 Å². The monoisotopic (exact) mass is 443 g/mol. The Morgan fingerprint density at radius 3 is 2.48 bits per heavy atom. The summed E-state index contributed by atoms with van der Waals surface area (Å²) >= 11 is 0. The Balaban J connectivity index is 1.58. The van der Waals surface area contributed by atoms with Gasteiger partial charge in [0.1, 0.15) is 0 Å². The summed E-state index contributed by atoms with van der Waals surface area (Å²) in [5.41, 5.74) is 7.64. The SMILES string of the molecule is COC(=O)NC1CCC(Nc2c(N)cnc3c2ccn3S(=O)(=O)c2ccccc2)CC1. The van der Waals surface area contributed by atoms with Gasteiger partial charge in [-0.3, -0.25) is 0 Å². The first-order valence-corrected chi connectivity index (χ1v) is 11.5. The maximum Gasteiger partial charge on any atom is 0.407 e. The number of alkyl carbamates (subject to hydrolysis) is 1. The Morgan fingerprint density at radius 1 is 1.13 bits per heavy atom. The Labute approximate surface area is 180 Å². The zero-order valence-electron chi connectivity index (χ0n) is 17.1. The quantitative estimate of drug-likeness (QED) is 0.553. The van der Waals surface area contributed by atoms with Crippen LogP contribution in [-0.2, 0) is 14.8 Å². The number of ether oxygens (including phenoxy) is 1. The first-order valence-electron chi connectivity index (χ1n) is 10.1. The number of carbonyl (C=O) groups excluding carboxylic acids is 1. The van der Waals surface area contributed by atoms with Gasteiger partial charge in [-0.2, -0.15) is 0 Å². The Kier molecular flexibility index (Phi) is 5.73. The molecule has 10 heteroatoms. The van der Waals surface area contributed by atoms with E-state index in [1.54, 1.807) is 36.4 Å². The molecule has 3 aromatic rings. The standard InChI is InChI=1S/C21H25N5O4S/c1-30-21(27)25-15-9-7-14(8-10-15)24-19-17-11-12-26(20(17)23-13-18(19)22)31(28,29)16-5-3-2-4-6-16/h2-6,11-15H,7-10,22H2,1H3,(H,23,24)(H,25,27). The van der Waals surface area contributed by atoms with E-state index in [-0.39, 0.29) is 17.0 Å². The lowest BCUT2D eigenvalue weighted by molar-refractivity contribution is 0.162. The molecule has 2 aromatic heterocycles. The smallest absolute Gasteiger partial charge is 0.407 e. The van der Waals surface area contributed by atoms with E-state index in [9.17, 15) is 13.2 Å². The van der Waals surface area contributed by atoms with Crippen molar-refractivity contribution in [3.8, 4) is 0 Å². The van der Waals surface area contributed by atoms with E-state index < -0.39 is 16.1 Å². The molecule has 0 atom stereocenters. The summed E-state index contributed by atoms with van der Waals surface area (Å²) in [7, 11) is -2.42. The van der Waals surface area contributed by atoms with Crippen LogP contribution in [0.3, 0.4) is 0 Å². The van der Waals surface area contributed by atoms with Crippen LogP contribution in [-0.4, -0.2) is 42.7 Å². The number of benzene rings is 1. The number of rotatable bonds is 5.